The Labute approximate surface area is 89.4 Å². The maximum Gasteiger partial charge on any atom is 0.224 e. The van der Waals surface area contributed by atoms with E-state index < -0.39 is 0 Å². The van der Waals surface area contributed by atoms with Crippen LogP contribution in [0.25, 0.3) is 0 Å². The number of hydrogen-bond acceptors (Lipinski definition) is 3. The molecule has 4 N–H and O–H groups in total. The van der Waals surface area contributed by atoms with Crippen molar-refractivity contribution in [2.24, 2.45) is 11.7 Å². The van der Waals surface area contributed by atoms with Crippen LogP contribution in [0, 0.1) is 5.92 Å². The van der Waals surface area contributed by atoms with Gasteiger partial charge in [0.2, 0.25) is 5.91 Å². The first-order valence-electron chi connectivity index (χ1n) is 5.23. The van der Waals surface area contributed by atoms with Crippen molar-refractivity contribution >= 4 is 5.91 Å². The summed E-state index contributed by atoms with van der Waals surface area (Å²) in [6.45, 7) is 2.96. The molecule has 5 nitrogen and oxygen atoms in total. The Morgan fingerprint density at radius 3 is 3.07 bits per heavy atom. The van der Waals surface area contributed by atoms with Gasteiger partial charge in [-0.25, -0.2) is 0 Å². The van der Waals surface area contributed by atoms with E-state index in [1.807, 2.05) is 6.92 Å². The smallest absolute Gasteiger partial charge is 0.224 e. The zero-order valence-electron chi connectivity index (χ0n) is 8.99. The second kappa shape index (κ2) is 6.19. The van der Waals surface area contributed by atoms with Crippen molar-refractivity contribution in [1.82, 2.24) is 15.5 Å². The molecule has 1 aromatic heterocycles. The van der Waals surface area contributed by atoms with Gasteiger partial charge in [0.05, 0.1) is 12.1 Å². The molecule has 1 amide bonds. The Morgan fingerprint density at radius 1 is 1.73 bits per heavy atom. The molecule has 0 aliphatic carbocycles. The highest BCUT2D eigenvalue weighted by molar-refractivity contribution is 5.78. The van der Waals surface area contributed by atoms with E-state index in [0.29, 0.717) is 13.1 Å². The highest BCUT2D eigenvalue weighted by Crippen LogP contribution is 2.04. The molecule has 0 spiro atoms. The standard InChI is InChI=1S/C10H18N4O/c1-2-3-9(4-11)10(15)12-5-8-6-13-14-7-8/h6-7,9H,2-5,11H2,1H3,(H,12,15)(H,13,14). The van der Waals surface area contributed by atoms with Crippen molar-refractivity contribution in [3.63, 3.8) is 0 Å². The summed E-state index contributed by atoms with van der Waals surface area (Å²) in [4.78, 5) is 11.6. The van der Waals surface area contributed by atoms with Crippen molar-refractivity contribution in [2.45, 2.75) is 26.3 Å². The lowest BCUT2D eigenvalue weighted by Gasteiger charge is -2.13. The van der Waals surface area contributed by atoms with E-state index in [4.69, 9.17) is 5.73 Å². The average molecular weight is 210 g/mol. The second-order valence-electron chi connectivity index (χ2n) is 3.55. The number of nitrogens with zero attached hydrogens (tertiary/aromatic N) is 1. The molecule has 0 saturated carbocycles. The lowest BCUT2D eigenvalue weighted by atomic mass is 10.0. The number of rotatable bonds is 6. The summed E-state index contributed by atoms with van der Waals surface area (Å²) >= 11 is 0. The zero-order valence-corrected chi connectivity index (χ0v) is 8.99. The molecule has 0 aliphatic heterocycles. The lowest BCUT2D eigenvalue weighted by Crippen LogP contribution is -2.34. The normalized spacial score (nSPS) is 12.4. The quantitative estimate of drug-likeness (QED) is 0.635. The fraction of sp³-hybridized carbons (Fsp3) is 0.600. The van der Waals surface area contributed by atoms with Crippen molar-refractivity contribution in [3.05, 3.63) is 18.0 Å². The molecule has 1 unspecified atom stereocenters. The van der Waals surface area contributed by atoms with Gasteiger partial charge in [-0.2, -0.15) is 5.10 Å². The van der Waals surface area contributed by atoms with E-state index in [-0.39, 0.29) is 11.8 Å². The zero-order chi connectivity index (χ0) is 11.1. The molecule has 15 heavy (non-hydrogen) atoms. The predicted molar refractivity (Wildman–Crippen MR) is 57.9 cm³/mol. The first-order valence-corrected chi connectivity index (χ1v) is 5.23. The largest absolute Gasteiger partial charge is 0.352 e. The van der Waals surface area contributed by atoms with E-state index in [2.05, 4.69) is 15.5 Å². The number of amides is 1. The third kappa shape index (κ3) is 3.71. The van der Waals surface area contributed by atoms with Crippen molar-refractivity contribution < 1.29 is 4.79 Å². The van der Waals surface area contributed by atoms with E-state index in [0.717, 1.165) is 18.4 Å². The third-order valence-corrected chi connectivity index (χ3v) is 2.31. The summed E-state index contributed by atoms with van der Waals surface area (Å²) in [7, 11) is 0. The first kappa shape index (κ1) is 11.7. The number of carbonyl (C=O) groups is 1. The van der Waals surface area contributed by atoms with Gasteiger partial charge in [-0.3, -0.25) is 9.89 Å². The number of H-pyrrole nitrogens is 1. The van der Waals surface area contributed by atoms with Crippen LogP contribution in [0.1, 0.15) is 25.3 Å². The SMILES string of the molecule is CCCC(CN)C(=O)NCc1cn[nH]c1. The molecule has 1 atom stereocenters. The summed E-state index contributed by atoms with van der Waals surface area (Å²) in [6, 6.07) is 0. The van der Waals surface area contributed by atoms with E-state index in [1.165, 1.54) is 0 Å². The van der Waals surface area contributed by atoms with Gasteiger partial charge in [-0.1, -0.05) is 13.3 Å². The first-order chi connectivity index (χ1) is 7.27. The fourth-order valence-electron chi connectivity index (χ4n) is 1.41. The number of nitrogens with two attached hydrogens (primary N) is 1. The van der Waals surface area contributed by atoms with E-state index >= 15 is 0 Å². The summed E-state index contributed by atoms with van der Waals surface area (Å²) in [5, 5.41) is 9.34. The monoisotopic (exact) mass is 210 g/mol. The Kier molecular flexibility index (Phi) is 4.83. The van der Waals surface area contributed by atoms with Gasteiger partial charge in [0.25, 0.3) is 0 Å². The van der Waals surface area contributed by atoms with Crippen LogP contribution in [0.15, 0.2) is 12.4 Å². The molecule has 0 radical (unpaired) electrons. The minimum absolute atomic E-state index is 0.0283. The molecule has 0 bridgehead atoms. The van der Waals surface area contributed by atoms with Crippen molar-refractivity contribution in [1.29, 1.82) is 0 Å². The molecular weight excluding hydrogens is 192 g/mol. The van der Waals surface area contributed by atoms with Crippen LogP contribution in [0.2, 0.25) is 0 Å². The van der Waals surface area contributed by atoms with Crippen LogP contribution < -0.4 is 11.1 Å². The molecule has 0 aromatic carbocycles. The topological polar surface area (TPSA) is 83.8 Å². The molecule has 0 fully saturated rings. The fourth-order valence-corrected chi connectivity index (χ4v) is 1.41. The summed E-state index contributed by atoms with van der Waals surface area (Å²) in [5.74, 6) is -0.0394. The number of carbonyl (C=O) groups excluding carboxylic acids is 1. The van der Waals surface area contributed by atoms with Gasteiger partial charge in [-0.05, 0) is 6.42 Å². The summed E-state index contributed by atoms with van der Waals surface area (Å²) in [5.41, 5.74) is 6.50. The van der Waals surface area contributed by atoms with Crippen LogP contribution in [0.5, 0.6) is 0 Å². The Morgan fingerprint density at radius 2 is 2.53 bits per heavy atom. The molecule has 1 aromatic rings. The predicted octanol–water partition coefficient (Wildman–Crippen LogP) is 0.401. The van der Waals surface area contributed by atoms with Crippen LogP contribution in [0.4, 0.5) is 0 Å². The average Bonchev–Trinajstić information content (AvgIpc) is 2.75. The second-order valence-corrected chi connectivity index (χ2v) is 3.55. The number of aromatic amines is 1. The van der Waals surface area contributed by atoms with Gasteiger partial charge in [0.1, 0.15) is 0 Å². The number of aromatic nitrogens is 2. The molecule has 84 valence electrons. The molecule has 1 rings (SSSR count). The Hall–Kier alpha value is -1.36. The number of hydrogen-bond donors (Lipinski definition) is 3. The van der Waals surface area contributed by atoms with Crippen molar-refractivity contribution in [3.8, 4) is 0 Å². The summed E-state index contributed by atoms with van der Waals surface area (Å²) in [6.07, 6.45) is 5.27. The minimum atomic E-state index is -0.0677. The Balaban J connectivity index is 2.34. The van der Waals surface area contributed by atoms with E-state index in [9.17, 15) is 4.79 Å². The van der Waals surface area contributed by atoms with Gasteiger partial charge >= 0.3 is 0 Å². The van der Waals surface area contributed by atoms with Crippen LogP contribution >= 0.6 is 0 Å². The minimum Gasteiger partial charge on any atom is -0.352 e. The van der Waals surface area contributed by atoms with Gasteiger partial charge < -0.3 is 11.1 Å². The summed E-state index contributed by atoms with van der Waals surface area (Å²) < 4.78 is 0. The maximum atomic E-state index is 11.6. The maximum absolute atomic E-state index is 11.6. The molecule has 5 heteroatoms. The van der Waals surface area contributed by atoms with E-state index in [1.54, 1.807) is 12.4 Å². The molecule has 0 saturated heterocycles. The van der Waals surface area contributed by atoms with Crippen molar-refractivity contribution in [2.75, 3.05) is 6.54 Å². The highest BCUT2D eigenvalue weighted by Gasteiger charge is 2.14. The third-order valence-electron chi connectivity index (χ3n) is 2.31. The lowest BCUT2D eigenvalue weighted by molar-refractivity contribution is -0.125. The Bertz CT molecular complexity index is 284. The molecular formula is C10H18N4O. The van der Waals surface area contributed by atoms with Gasteiger partial charge in [0, 0.05) is 24.8 Å². The van der Waals surface area contributed by atoms with Gasteiger partial charge in [0.15, 0.2) is 0 Å². The van der Waals surface area contributed by atoms with Gasteiger partial charge in [-0.15, -0.1) is 0 Å². The molecule has 1 heterocycles. The van der Waals surface area contributed by atoms with Crippen LogP contribution in [-0.4, -0.2) is 22.6 Å². The van der Waals surface area contributed by atoms with Crippen LogP contribution in [-0.2, 0) is 11.3 Å². The highest BCUT2D eigenvalue weighted by atomic mass is 16.1. The molecule has 0 aliphatic rings. The number of nitrogens with one attached hydrogen (secondary N) is 2. The van der Waals surface area contributed by atoms with Crippen LogP contribution in [0.3, 0.4) is 0 Å².